The second-order valence-electron chi connectivity index (χ2n) is 4.90. The van der Waals surface area contributed by atoms with Gasteiger partial charge >= 0.3 is 0 Å². The molecule has 19 heavy (non-hydrogen) atoms. The summed E-state index contributed by atoms with van der Waals surface area (Å²) in [4.78, 5) is 2.10. The molecule has 1 saturated heterocycles. The molecule has 1 fully saturated rings. The van der Waals surface area contributed by atoms with Crippen molar-refractivity contribution in [2.45, 2.75) is 25.7 Å². The number of nitrogens with zero attached hydrogens (tertiary/aromatic N) is 1. The van der Waals surface area contributed by atoms with Crippen molar-refractivity contribution in [3.63, 3.8) is 0 Å². The van der Waals surface area contributed by atoms with Crippen LogP contribution in [-0.2, 0) is 11.3 Å². The number of aliphatic hydroxyl groups excluding tert-OH is 1. The molecule has 0 amide bonds. The van der Waals surface area contributed by atoms with Crippen molar-refractivity contribution >= 4 is 0 Å². The lowest BCUT2D eigenvalue weighted by molar-refractivity contribution is -0.0974. The summed E-state index contributed by atoms with van der Waals surface area (Å²) in [6.07, 6.45) is -0.141. The number of methoxy groups -OCH3 is 1. The van der Waals surface area contributed by atoms with E-state index in [0.29, 0.717) is 24.4 Å². The number of aliphatic hydroxyl groups is 1. The highest BCUT2D eigenvalue weighted by Crippen LogP contribution is 2.20. The van der Waals surface area contributed by atoms with Gasteiger partial charge in [0.1, 0.15) is 11.6 Å². The van der Waals surface area contributed by atoms with Crippen LogP contribution in [0.2, 0.25) is 0 Å². The topological polar surface area (TPSA) is 41.9 Å². The molecule has 2 rings (SSSR count). The van der Waals surface area contributed by atoms with Gasteiger partial charge in [0.25, 0.3) is 0 Å². The van der Waals surface area contributed by atoms with Crippen LogP contribution in [0.4, 0.5) is 4.39 Å². The minimum atomic E-state index is -0.265. The van der Waals surface area contributed by atoms with Gasteiger partial charge in [-0.1, -0.05) is 6.07 Å². The van der Waals surface area contributed by atoms with Crippen molar-refractivity contribution in [1.82, 2.24) is 4.90 Å². The standard InChI is InChI=1S/C14H20FNO3/c1-10-6-16(8-13(9-17)19-10)7-11-3-4-12(18-2)5-14(11)15/h3-5,10,13,17H,6-9H2,1-2H3. The van der Waals surface area contributed by atoms with E-state index < -0.39 is 0 Å². The third-order valence-corrected chi connectivity index (χ3v) is 3.26. The summed E-state index contributed by atoms with van der Waals surface area (Å²) < 4.78 is 24.4. The fourth-order valence-electron chi connectivity index (χ4n) is 2.39. The van der Waals surface area contributed by atoms with E-state index in [1.165, 1.54) is 13.2 Å². The van der Waals surface area contributed by atoms with E-state index in [2.05, 4.69) is 4.90 Å². The number of hydrogen-bond acceptors (Lipinski definition) is 4. The Kier molecular flexibility index (Phi) is 4.74. The summed E-state index contributed by atoms with van der Waals surface area (Å²) in [6.45, 7) is 3.82. The maximum absolute atomic E-state index is 13.9. The van der Waals surface area contributed by atoms with Gasteiger partial charge in [0.05, 0.1) is 25.9 Å². The fourth-order valence-corrected chi connectivity index (χ4v) is 2.39. The average Bonchev–Trinajstić information content (AvgIpc) is 2.40. The second kappa shape index (κ2) is 6.32. The molecular formula is C14H20FNO3. The van der Waals surface area contributed by atoms with Crippen LogP contribution in [0.1, 0.15) is 12.5 Å². The van der Waals surface area contributed by atoms with Gasteiger partial charge in [0.2, 0.25) is 0 Å². The Balaban J connectivity index is 2.04. The van der Waals surface area contributed by atoms with Crippen molar-refractivity contribution in [2.24, 2.45) is 0 Å². The second-order valence-corrected chi connectivity index (χ2v) is 4.90. The largest absolute Gasteiger partial charge is 0.497 e. The molecular weight excluding hydrogens is 249 g/mol. The normalized spacial score (nSPS) is 24.4. The Morgan fingerprint density at radius 3 is 2.89 bits per heavy atom. The van der Waals surface area contributed by atoms with Crippen molar-refractivity contribution in [3.05, 3.63) is 29.6 Å². The minimum absolute atomic E-state index is 0.00800. The molecule has 1 aliphatic heterocycles. The van der Waals surface area contributed by atoms with Gasteiger partial charge in [-0.05, 0) is 13.0 Å². The van der Waals surface area contributed by atoms with E-state index in [1.54, 1.807) is 12.1 Å². The van der Waals surface area contributed by atoms with Gasteiger partial charge < -0.3 is 14.6 Å². The molecule has 2 unspecified atom stereocenters. The van der Waals surface area contributed by atoms with E-state index in [0.717, 1.165) is 6.54 Å². The van der Waals surface area contributed by atoms with Gasteiger partial charge in [0, 0.05) is 31.3 Å². The van der Waals surface area contributed by atoms with Crippen molar-refractivity contribution in [1.29, 1.82) is 0 Å². The number of morpholine rings is 1. The van der Waals surface area contributed by atoms with Crippen LogP contribution in [0, 0.1) is 5.82 Å². The van der Waals surface area contributed by atoms with Crippen molar-refractivity contribution in [2.75, 3.05) is 26.8 Å². The van der Waals surface area contributed by atoms with E-state index in [1.807, 2.05) is 6.92 Å². The summed E-state index contributed by atoms with van der Waals surface area (Å²) in [7, 11) is 1.52. The van der Waals surface area contributed by atoms with E-state index in [4.69, 9.17) is 9.47 Å². The van der Waals surface area contributed by atoms with Gasteiger partial charge in [0.15, 0.2) is 0 Å². The predicted octanol–water partition coefficient (Wildman–Crippen LogP) is 1.42. The monoisotopic (exact) mass is 269 g/mol. The van der Waals surface area contributed by atoms with E-state index in [-0.39, 0.29) is 24.6 Å². The molecule has 1 aliphatic rings. The highest BCUT2D eigenvalue weighted by Gasteiger charge is 2.25. The highest BCUT2D eigenvalue weighted by molar-refractivity contribution is 5.28. The summed E-state index contributed by atoms with van der Waals surface area (Å²) in [5, 5.41) is 9.17. The molecule has 1 N–H and O–H groups in total. The molecule has 1 aromatic carbocycles. The summed E-state index contributed by atoms with van der Waals surface area (Å²) >= 11 is 0. The maximum Gasteiger partial charge on any atom is 0.131 e. The van der Waals surface area contributed by atoms with Crippen LogP contribution in [0.3, 0.4) is 0 Å². The van der Waals surface area contributed by atoms with E-state index >= 15 is 0 Å². The average molecular weight is 269 g/mol. The van der Waals surface area contributed by atoms with Crippen LogP contribution < -0.4 is 4.74 Å². The molecule has 0 bridgehead atoms. The maximum atomic E-state index is 13.9. The van der Waals surface area contributed by atoms with E-state index in [9.17, 15) is 9.50 Å². The first-order chi connectivity index (χ1) is 9.12. The molecule has 0 aliphatic carbocycles. The molecule has 1 heterocycles. The lowest BCUT2D eigenvalue weighted by atomic mass is 10.1. The number of benzene rings is 1. The number of hydrogen-bond donors (Lipinski definition) is 1. The van der Waals surface area contributed by atoms with Gasteiger partial charge in [-0.3, -0.25) is 4.90 Å². The first-order valence-electron chi connectivity index (χ1n) is 6.43. The predicted molar refractivity (Wildman–Crippen MR) is 69.6 cm³/mol. The van der Waals surface area contributed by atoms with Crippen LogP contribution in [0.15, 0.2) is 18.2 Å². The highest BCUT2D eigenvalue weighted by atomic mass is 19.1. The molecule has 106 valence electrons. The molecule has 1 aromatic rings. The molecule has 4 nitrogen and oxygen atoms in total. The minimum Gasteiger partial charge on any atom is -0.497 e. The molecule has 0 aromatic heterocycles. The zero-order valence-corrected chi connectivity index (χ0v) is 11.3. The molecule has 5 heteroatoms. The molecule has 0 radical (unpaired) electrons. The summed E-state index contributed by atoms with van der Waals surface area (Å²) in [5.74, 6) is 0.254. The first-order valence-corrected chi connectivity index (χ1v) is 6.43. The SMILES string of the molecule is COc1ccc(CN2CC(C)OC(CO)C2)c(F)c1. The molecule has 2 atom stereocenters. The number of rotatable bonds is 4. The van der Waals surface area contributed by atoms with Crippen LogP contribution in [0.5, 0.6) is 5.75 Å². The van der Waals surface area contributed by atoms with Crippen LogP contribution in [0.25, 0.3) is 0 Å². The fraction of sp³-hybridized carbons (Fsp3) is 0.571. The zero-order valence-electron chi connectivity index (χ0n) is 11.3. The Morgan fingerprint density at radius 1 is 1.47 bits per heavy atom. The zero-order chi connectivity index (χ0) is 13.8. The van der Waals surface area contributed by atoms with Gasteiger partial charge in [-0.15, -0.1) is 0 Å². The summed E-state index contributed by atoms with van der Waals surface area (Å²) in [5.41, 5.74) is 0.631. The molecule has 0 spiro atoms. The number of halogens is 1. The van der Waals surface area contributed by atoms with Crippen molar-refractivity contribution in [3.8, 4) is 5.75 Å². The van der Waals surface area contributed by atoms with Crippen LogP contribution in [-0.4, -0.2) is 49.0 Å². The third-order valence-electron chi connectivity index (χ3n) is 3.26. The Bertz CT molecular complexity index is 427. The Labute approximate surface area is 112 Å². The number of ether oxygens (including phenoxy) is 2. The Morgan fingerprint density at radius 2 is 2.26 bits per heavy atom. The third kappa shape index (κ3) is 3.65. The van der Waals surface area contributed by atoms with Gasteiger partial charge in [-0.2, -0.15) is 0 Å². The lowest BCUT2D eigenvalue weighted by Crippen LogP contribution is -2.47. The summed E-state index contributed by atoms with van der Waals surface area (Å²) in [6, 6.07) is 4.89. The first kappa shape index (κ1) is 14.2. The van der Waals surface area contributed by atoms with Gasteiger partial charge in [-0.25, -0.2) is 4.39 Å². The Hall–Kier alpha value is -1.17. The van der Waals surface area contributed by atoms with Crippen molar-refractivity contribution < 1.29 is 19.0 Å². The quantitative estimate of drug-likeness (QED) is 0.897. The molecule has 0 saturated carbocycles. The smallest absolute Gasteiger partial charge is 0.131 e. The lowest BCUT2D eigenvalue weighted by Gasteiger charge is -2.36. The van der Waals surface area contributed by atoms with Crippen LogP contribution >= 0.6 is 0 Å².